The molecule has 48 heavy (non-hydrogen) atoms. The summed E-state index contributed by atoms with van der Waals surface area (Å²) in [5.41, 5.74) is 0. The number of phosphoric acid groups is 1. The Labute approximate surface area is 296 Å². The molecule has 0 rings (SSSR count). The second kappa shape index (κ2) is 31.7. The summed E-state index contributed by atoms with van der Waals surface area (Å²) < 4.78 is 23.1. The first-order valence-corrected chi connectivity index (χ1v) is 20.8. The molecule has 0 saturated carbocycles. The van der Waals surface area contributed by atoms with E-state index in [0.29, 0.717) is 23.9 Å². The van der Waals surface area contributed by atoms with Crippen molar-refractivity contribution >= 4 is 13.7 Å². The van der Waals surface area contributed by atoms with Crippen LogP contribution in [0.15, 0.2) is 36.5 Å². The fourth-order valence-corrected chi connectivity index (χ4v) is 6.01. The van der Waals surface area contributed by atoms with Gasteiger partial charge in [-0.15, -0.1) is 0 Å². The first-order valence-electron chi connectivity index (χ1n) is 19.3. The number of hydrogen-bond acceptors (Lipinski definition) is 6. The first kappa shape index (κ1) is 46.7. The Morgan fingerprint density at radius 1 is 0.750 bits per heavy atom. The van der Waals surface area contributed by atoms with Gasteiger partial charge in [-0.25, -0.2) is 0 Å². The summed E-state index contributed by atoms with van der Waals surface area (Å²) in [5.74, 6) is -0.197. The lowest BCUT2D eigenvalue weighted by Gasteiger charge is -2.30. The quantitative estimate of drug-likeness (QED) is 0.0300. The van der Waals surface area contributed by atoms with Gasteiger partial charge < -0.3 is 28.8 Å². The van der Waals surface area contributed by atoms with Gasteiger partial charge in [0.15, 0.2) is 0 Å². The lowest BCUT2D eigenvalue weighted by Crippen LogP contribution is -2.46. The minimum Gasteiger partial charge on any atom is -0.756 e. The van der Waals surface area contributed by atoms with Crippen LogP contribution in [0.3, 0.4) is 0 Å². The standard InChI is InChI=1S/C39H75N2O6P/c1-6-8-10-12-14-16-18-20-22-24-26-28-30-32-38(42)37(36-47-48(44,45)46-35-34-41(3,4)5)40-39(43)33-31-29-27-25-23-21-19-17-15-13-11-9-7-2/h9,11,15,17,21,23,37-38,42H,6-8,10,12-14,16,18-20,22,24-36H2,1-5H3,(H-,40,43,44,45)/b11-9-,17-15-,23-21-. The van der Waals surface area contributed by atoms with Crippen LogP contribution in [-0.2, 0) is 18.4 Å². The van der Waals surface area contributed by atoms with Crippen LogP contribution in [0, 0.1) is 0 Å². The highest BCUT2D eigenvalue weighted by Crippen LogP contribution is 2.38. The highest BCUT2D eigenvalue weighted by molar-refractivity contribution is 7.45. The molecule has 0 aromatic carbocycles. The fraction of sp³-hybridized carbons (Fsp3) is 0.821. The molecular formula is C39H75N2O6P. The van der Waals surface area contributed by atoms with Crippen LogP contribution in [0.4, 0.5) is 0 Å². The third-order valence-electron chi connectivity index (χ3n) is 8.39. The number of phosphoric ester groups is 1. The monoisotopic (exact) mass is 699 g/mol. The summed E-state index contributed by atoms with van der Waals surface area (Å²) in [6, 6.07) is -0.812. The molecule has 0 aromatic rings. The molecule has 0 aliphatic heterocycles. The maximum absolute atomic E-state index is 12.8. The molecule has 3 atom stereocenters. The normalized spacial score (nSPS) is 15.1. The summed E-state index contributed by atoms with van der Waals surface area (Å²) in [6.07, 6.45) is 35.7. The van der Waals surface area contributed by atoms with Gasteiger partial charge in [0.1, 0.15) is 13.2 Å². The van der Waals surface area contributed by atoms with E-state index in [1.54, 1.807) is 0 Å². The number of allylic oxidation sites excluding steroid dienone is 6. The molecule has 1 amide bonds. The molecule has 0 fully saturated rings. The fourth-order valence-electron chi connectivity index (χ4n) is 5.29. The van der Waals surface area contributed by atoms with Gasteiger partial charge in [0.25, 0.3) is 7.82 Å². The van der Waals surface area contributed by atoms with Gasteiger partial charge in [-0.3, -0.25) is 9.36 Å². The number of hydrogen-bond donors (Lipinski definition) is 2. The summed E-state index contributed by atoms with van der Waals surface area (Å²) in [5, 5.41) is 13.8. The van der Waals surface area contributed by atoms with Crippen LogP contribution in [0.5, 0.6) is 0 Å². The van der Waals surface area contributed by atoms with E-state index in [0.717, 1.165) is 64.2 Å². The Kier molecular flexibility index (Phi) is 30.8. The predicted octanol–water partition coefficient (Wildman–Crippen LogP) is 9.33. The van der Waals surface area contributed by atoms with Crippen LogP contribution >= 0.6 is 7.82 Å². The zero-order valence-corrected chi connectivity index (χ0v) is 32.6. The molecule has 0 radical (unpaired) electrons. The van der Waals surface area contributed by atoms with Gasteiger partial charge in [-0.2, -0.15) is 0 Å². The average molecular weight is 699 g/mol. The Balaban J connectivity index is 4.52. The van der Waals surface area contributed by atoms with E-state index in [-0.39, 0.29) is 19.1 Å². The third kappa shape index (κ3) is 33.2. The molecule has 0 saturated heterocycles. The van der Waals surface area contributed by atoms with Crippen LogP contribution in [0.2, 0.25) is 0 Å². The van der Waals surface area contributed by atoms with Crippen LogP contribution in [0.1, 0.15) is 155 Å². The first-order chi connectivity index (χ1) is 23.0. The van der Waals surface area contributed by atoms with Crippen molar-refractivity contribution in [3.63, 3.8) is 0 Å². The zero-order valence-electron chi connectivity index (χ0n) is 31.7. The lowest BCUT2D eigenvalue weighted by molar-refractivity contribution is -0.870. The van der Waals surface area contributed by atoms with Gasteiger partial charge in [0.2, 0.25) is 5.91 Å². The van der Waals surface area contributed by atoms with Crippen molar-refractivity contribution < 1.29 is 32.9 Å². The number of aliphatic hydroxyl groups is 1. The maximum atomic E-state index is 12.8. The van der Waals surface area contributed by atoms with E-state index in [9.17, 15) is 19.4 Å². The molecule has 0 heterocycles. The maximum Gasteiger partial charge on any atom is 0.268 e. The van der Waals surface area contributed by atoms with Crippen LogP contribution < -0.4 is 10.2 Å². The summed E-state index contributed by atoms with van der Waals surface area (Å²) in [6.45, 7) is 4.55. The molecule has 0 aliphatic rings. The molecule has 0 bridgehead atoms. The molecule has 3 unspecified atom stereocenters. The predicted molar refractivity (Wildman–Crippen MR) is 201 cm³/mol. The van der Waals surface area contributed by atoms with E-state index in [2.05, 4.69) is 55.6 Å². The molecule has 0 aliphatic carbocycles. The van der Waals surface area contributed by atoms with E-state index in [1.807, 2.05) is 21.1 Å². The van der Waals surface area contributed by atoms with Gasteiger partial charge in [-0.05, 0) is 44.9 Å². The highest BCUT2D eigenvalue weighted by atomic mass is 31.2. The van der Waals surface area contributed by atoms with Gasteiger partial charge in [-0.1, -0.05) is 140 Å². The number of carbonyl (C=O) groups is 1. The molecule has 2 N–H and O–H groups in total. The Morgan fingerprint density at radius 3 is 1.83 bits per heavy atom. The molecule has 0 aromatic heterocycles. The minimum atomic E-state index is -4.56. The molecule has 0 spiro atoms. The Hall–Kier alpha value is -1.28. The summed E-state index contributed by atoms with van der Waals surface area (Å²) in [4.78, 5) is 25.2. The van der Waals surface area contributed by atoms with Crippen molar-refractivity contribution in [1.29, 1.82) is 0 Å². The van der Waals surface area contributed by atoms with Gasteiger partial charge >= 0.3 is 0 Å². The minimum absolute atomic E-state index is 0.00531. The number of quaternary nitrogens is 1. The average Bonchev–Trinajstić information content (AvgIpc) is 3.02. The Bertz CT molecular complexity index is 886. The zero-order chi connectivity index (χ0) is 35.8. The Morgan fingerprint density at radius 2 is 1.27 bits per heavy atom. The summed E-state index contributed by atoms with van der Waals surface area (Å²) in [7, 11) is 1.28. The largest absolute Gasteiger partial charge is 0.756 e. The smallest absolute Gasteiger partial charge is 0.268 e. The van der Waals surface area contributed by atoms with Crippen molar-refractivity contribution in [2.24, 2.45) is 0 Å². The number of rotatable bonds is 34. The second-order valence-corrected chi connectivity index (χ2v) is 15.7. The number of aliphatic hydroxyl groups excluding tert-OH is 1. The van der Waals surface area contributed by atoms with Gasteiger partial charge in [0.05, 0.1) is 39.9 Å². The SMILES string of the molecule is CC/C=C\C/C=C\C/C=C\CCCCCC(=O)NC(COP(=O)([O-])OCC[N+](C)(C)C)C(O)CCCCCCCCCCCCCCC. The van der Waals surface area contributed by atoms with E-state index < -0.39 is 20.0 Å². The molecule has 9 heteroatoms. The molecule has 282 valence electrons. The lowest BCUT2D eigenvalue weighted by atomic mass is 10.0. The number of amides is 1. The van der Waals surface area contributed by atoms with E-state index in [1.165, 1.54) is 64.2 Å². The third-order valence-corrected chi connectivity index (χ3v) is 9.36. The van der Waals surface area contributed by atoms with Crippen LogP contribution in [0.25, 0.3) is 0 Å². The summed E-state index contributed by atoms with van der Waals surface area (Å²) >= 11 is 0. The van der Waals surface area contributed by atoms with Crippen molar-refractivity contribution in [2.75, 3.05) is 40.9 Å². The van der Waals surface area contributed by atoms with Crippen molar-refractivity contribution in [3.05, 3.63) is 36.5 Å². The van der Waals surface area contributed by atoms with Crippen molar-refractivity contribution in [1.82, 2.24) is 5.32 Å². The van der Waals surface area contributed by atoms with E-state index in [4.69, 9.17) is 9.05 Å². The second-order valence-electron chi connectivity index (χ2n) is 14.3. The number of likely N-dealkylation sites (N-methyl/N-ethyl adjacent to an activating group) is 1. The highest BCUT2D eigenvalue weighted by Gasteiger charge is 2.24. The van der Waals surface area contributed by atoms with Crippen molar-refractivity contribution in [3.8, 4) is 0 Å². The number of nitrogens with one attached hydrogen (secondary N) is 1. The number of carbonyl (C=O) groups excluding carboxylic acids is 1. The van der Waals surface area contributed by atoms with Crippen LogP contribution in [-0.4, -0.2) is 68.5 Å². The topological polar surface area (TPSA) is 108 Å². The number of unbranched alkanes of at least 4 members (excludes halogenated alkanes) is 15. The number of nitrogens with zero attached hydrogens (tertiary/aromatic N) is 1. The van der Waals surface area contributed by atoms with Crippen molar-refractivity contribution in [2.45, 2.75) is 167 Å². The van der Waals surface area contributed by atoms with Gasteiger partial charge in [0, 0.05) is 6.42 Å². The molecule has 8 nitrogen and oxygen atoms in total. The molecular weight excluding hydrogens is 623 g/mol. The van der Waals surface area contributed by atoms with E-state index >= 15 is 0 Å².